The van der Waals surface area contributed by atoms with Gasteiger partial charge < -0.3 is 15.2 Å². The highest BCUT2D eigenvalue weighted by molar-refractivity contribution is 7.91. The summed E-state index contributed by atoms with van der Waals surface area (Å²) < 4.78 is 32.8. The number of aromatic nitrogens is 2. The highest BCUT2D eigenvalue weighted by Gasteiger charge is 2.23. The highest BCUT2D eigenvalue weighted by Crippen LogP contribution is 2.28. The summed E-state index contributed by atoms with van der Waals surface area (Å²) >= 11 is 0. The summed E-state index contributed by atoms with van der Waals surface area (Å²) in [4.78, 5) is 15.5. The summed E-state index contributed by atoms with van der Waals surface area (Å²) in [5.74, 6) is 0.517. The van der Waals surface area contributed by atoms with E-state index in [4.69, 9.17) is 4.74 Å². The van der Waals surface area contributed by atoms with Crippen LogP contribution in [-0.2, 0) is 21.1 Å². The SMILES string of the molecule is Cc1cccc(-n2ccnc2S(=O)(=O)CCCOc2ccc3c(c2)CCC(=O)N3)c1O. The zero-order valence-electron chi connectivity index (χ0n) is 17.0. The van der Waals surface area contributed by atoms with Crippen LogP contribution in [0.1, 0.15) is 24.0 Å². The molecule has 0 saturated carbocycles. The molecule has 0 bridgehead atoms. The summed E-state index contributed by atoms with van der Waals surface area (Å²) in [5, 5.41) is 13.0. The zero-order chi connectivity index (χ0) is 22.0. The lowest BCUT2D eigenvalue weighted by Gasteiger charge is -2.17. The molecule has 8 nitrogen and oxygen atoms in total. The first kappa shape index (κ1) is 20.9. The monoisotopic (exact) mass is 441 g/mol. The largest absolute Gasteiger partial charge is 0.505 e. The molecule has 31 heavy (non-hydrogen) atoms. The number of anilines is 1. The molecule has 0 aliphatic carbocycles. The van der Waals surface area contributed by atoms with Gasteiger partial charge in [0.2, 0.25) is 20.9 Å². The van der Waals surface area contributed by atoms with Crippen molar-refractivity contribution in [1.29, 1.82) is 0 Å². The molecule has 1 aliphatic heterocycles. The molecule has 1 aliphatic rings. The Bertz CT molecular complexity index is 1230. The van der Waals surface area contributed by atoms with Crippen LogP contribution < -0.4 is 10.1 Å². The lowest BCUT2D eigenvalue weighted by atomic mass is 10.0. The van der Waals surface area contributed by atoms with Crippen LogP contribution in [0, 0.1) is 6.92 Å². The molecule has 2 N–H and O–H groups in total. The van der Waals surface area contributed by atoms with Gasteiger partial charge in [-0.1, -0.05) is 12.1 Å². The van der Waals surface area contributed by atoms with E-state index in [1.165, 1.54) is 17.0 Å². The molecule has 0 radical (unpaired) electrons. The van der Waals surface area contributed by atoms with Crippen molar-refractivity contribution in [2.24, 2.45) is 0 Å². The molecule has 3 aromatic rings. The number of sulfone groups is 1. The minimum Gasteiger partial charge on any atom is -0.505 e. The zero-order valence-corrected chi connectivity index (χ0v) is 17.9. The topological polar surface area (TPSA) is 111 Å². The fourth-order valence-corrected chi connectivity index (χ4v) is 4.88. The van der Waals surface area contributed by atoms with Crippen molar-refractivity contribution < 1.29 is 23.1 Å². The van der Waals surface area contributed by atoms with Gasteiger partial charge in [0.15, 0.2) is 0 Å². The predicted octanol–water partition coefficient (Wildman–Crippen LogP) is 3.01. The number of nitrogens with zero attached hydrogens (tertiary/aromatic N) is 2. The lowest BCUT2D eigenvalue weighted by Crippen LogP contribution is -2.19. The molecular weight excluding hydrogens is 418 g/mol. The van der Waals surface area contributed by atoms with Crippen molar-refractivity contribution in [1.82, 2.24) is 9.55 Å². The summed E-state index contributed by atoms with van der Waals surface area (Å²) in [6.07, 6.45) is 4.29. The van der Waals surface area contributed by atoms with Crippen LogP contribution in [0.15, 0.2) is 53.9 Å². The number of imidazole rings is 1. The Morgan fingerprint density at radius 3 is 2.90 bits per heavy atom. The molecule has 1 amide bonds. The van der Waals surface area contributed by atoms with Gasteiger partial charge in [-0.3, -0.25) is 9.36 Å². The van der Waals surface area contributed by atoms with Crippen molar-refractivity contribution in [2.75, 3.05) is 17.7 Å². The lowest BCUT2D eigenvalue weighted by molar-refractivity contribution is -0.116. The second kappa shape index (κ2) is 8.43. The van der Waals surface area contributed by atoms with Crippen LogP contribution in [0.25, 0.3) is 5.69 Å². The van der Waals surface area contributed by atoms with Crippen LogP contribution in [0.4, 0.5) is 5.69 Å². The molecule has 1 aromatic heterocycles. The number of benzene rings is 2. The van der Waals surface area contributed by atoms with Gasteiger partial charge in [0.1, 0.15) is 11.5 Å². The third-order valence-corrected chi connectivity index (χ3v) is 6.84. The fourth-order valence-electron chi connectivity index (χ4n) is 3.52. The Balaban J connectivity index is 1.40. The van der Waals surface area contributed by atoms with Gasteiger partial charge in [-0.15, -0.1) is 0 Å². The molecule has 0 fully saturated rings. The maximum absolute atomic E-state index is 12.9. The average molecular weight is 442 g/mol. The molecular formula is C22H23N3O5S. The summed E-state index contributed by atoms with van der Waals surface area (Å²) in [6.45, 7) is 1.97. The first-order chi connectivity index (χ1) is 14.8. The van der Waals surface area contributed by atoms with Gasteiger partial charge in [-0.05, 0) is 55.2 Å². The molecule has 2 heterocycles. The molecule has 0 saturated heterocycles. The number of ether oxygens (including phenoxy) is 1. The second-order valence-electron chi connectivity index (χ2n) is 7.41. The number of phenols is 1. The number of para-hydroxylation sites is 1. The van der Waals surface area contributed by atoms with Crippen molar-refractivity contribution in [3.05, 3.63) is 59.9 Å². The quantitative estimate of drug-likeness (QED) is 0.546. The van der Waals surface area contributed by atoms with E-state index in [1.54, 1.807) is 37.3 Å². The number of carbonyl (C=O) groups excluding carboxylic acids is 1. The summed E-state index contributed by atoms with van der Waals surface area (Å²) in [5.41, 5.74) is 2.81. The van der Waals surface area contributed by atoms with E-state index in [0.717, 1.165) is 11.3 Å². The summed E-state index contributed by atoms with van der Waals surface area (Å²) in [7, 11) is -3.69. The molecule has 0 atom stereocenters. The Hall–Kier alpha value is -3.33. The van der Waals surface area contributed by atoms with Crippen LogP contribution in [0.5, 0.6) is 11.5 Å². The third kappa shape index (κ3) is 4.41. The smallest absolute Gasteiger partial charge is 0.232 e. The molecule has 4 rings (SSSR count). The van der Waals surface area contributed by atoms with E-state index in [9.17, 15) is 18.3 Å². The minimum atomic E-state index is -3.69. The van der Waals surface area contributed by atoms with Crippen LogP contribution in [-0.4, -0.2) is 41.3 Å². The normalized spacial score (nSPS) is 13.5. The maximum Gasteiger partial charge on any atom is 0.232 e. The second-order valence-corrected chi connectivity index (χ2v) is 9.41. The number of hydrogen-bond acceptors (Lipinski definition) is 6. The van der Waals surface area contributed by atoms with Gasteiger partial charge in [0, 0.05) is 24.5 Å². The molecule has 162 valence electrons. The predicted molar refractivity (Wildman–Crippen MR) is 116 cm³/mol. The van der Waals surface area contributed by atoms with Crippen molar-refractivity contribution in [2.45, 2.75) is 31.3 Å². The minimum absolute atomic E-state index is 0.00344. The molecule has 9 heteroatoms. The van der Waals surface area contributed by atoms with Crippen molar-refractivity contribution in [3.8, 4) is 17.2 Å². The summed E-state index contributed by atoms with van der Waals surface area (Å²) in [6, 6.07) is 10.6. The molecule has 2 aromatic carbocycles. The number of carbonyl (C=O) groups is 1. The van der Waals surface area contributed by atoms with E-state index in [0.29, 0.717) is 29.8 Å². The fraction of sp³-hybridized carbons (Fsp3) is 0.273. The number of hydrogen-bond donors (Lipinski definition) is 2. The highest BCUT2D eigenvalue weighted by atomic mass is 32.2. The maximum atomic E-state index is 12.9. The van der Waals surface area contributed by atoms with Gasteiger partial charge in [-0.25, -0.2) is 13.4 Å². The number of aromatic hydroxyl groups is 1. The van der Waals surface area contributed by atoms with Crippen LogP contribution >= 0.6 is 0 Å². The van der Waals surface area contributed by atoms with Crippen LogP contribution in [0.3, 0.4) is 0 Å². The van der Waals surface area contributed by atoms with E-state index in [2.05, 4.69) is 10.3 Å². The molecule has 0 spiro atoms. The van der Waals surface area contributed by atoms with Crippen molar-refractivity contribution >= 4 is 21.4 Å². The Morgan fingerprint density at radius 1 is 1.23 bits per heavy atom. The van der Waals surface area contributed by atoms with Gasteiger partial charge in [0.25, 0.3) is 0 Å². The number of amides is 1. The van der Waals surface area contributed by atoms with E-state index >= 15 is 0 Å². The number of fused-ring (bicyclic) bond motifs is 1. The number of aryl methyl sites for hydroxylation is 2. The van der Waals surface area contributed by atoms with Gasteiger partial charge >= 0.3 is 0 Å². The van der Waals surface area contributed by atoms with E-state index < -0.39 is 9.84 Å². The first-order valence-electron chi connectivity index (χ1n) is 9.96. The average Bonchev–Trinajstić information content (AvgIpc) is 3.24. The number of phenolic OH excluding ortho intramolecular Hbond substituents is 1. The van der Waals surface area contributed by atoms with Crippen LogP contribution in [0.2, 0.25) is 0 Å². The first-order valence-corrected chi connectivity index (χ1v) is 11.6. The van der Waals surface area contributed by atoms with Gasteiger partial charge in [0.05, 0.1) is 18.0 Å². The Kier molecular flexibility index (Phi) is 5.69. The van der Waals surface area contributed by atoms with E-state index in [1.807, 2.05) is 6.07 Å². The van der Waals surface area contributed by atoms with Gasteiger partial charge in [-0.2, -0.15) is 0 Å². The Labute approximate surface area is 180 Å². The molecule has 0 unspecified atom stereocenters. The third-order valence-electron chi connectivity index (χ3n) is 5.16. The number of rotatable bonds is 7. The number of nitrogens with one attached hydrogen (secondary N) is 1. The van der Waals surface area contributed by atoms with E-state index in [-0.39, 0.29) is 35.6 Å². The Morgan fingerprint density at radius 2 is 2.06 bits per heavy atom. The standard InChI is InChI=1S/C22H23N3O5S/c1-15-4-2-5-19(21(15)27)25-11-10-23-22(25)31(28,29)13-3-12-30-17-7-8-18-16(14-17)6-9-20(26)24-18/h2,4-5,7-8,10-11,14,27H,3,6,9,12-13H2,1H3,(H,24,26). The van der Waals surface area contributed by atoms with Crippen molar-refractivity contribution in [3.63, 3.8) is 0 Å².